The first-order valence-corrected chi connectivity index (χ1v) is 11.1. The average molecular weight is 447 g/mol. The summed E-state index contributed by atoms with van der Waals surface area (Å²) in [4.78, 5) is 12.5. The smallest absolute Gasteiger partial charge is 0.326 e. The molecule has 1 amide bonds. The summed E-state index contributed by atoms with van der Waals surface area (Å²) in [7, 11) is -3.34. The van der Waals surface area contributed by atoms with Crippen molar-refractivity contribution in [3.8, 4) is 11.1 Å². The zero-order valence-corrected chi connectivity index (χ0v) is 17.4. The summed E-state index contributed by atoms with van der Waals surface area (Å²) in [5.74, 6) is -0.542. The molecular weight excluding hydrogens is 427 g/mol. The van der Waals surface area contributed by atoms with E-state index in [1.165, 1.54) is 43.3 Å². The van der Waals surface area contributed by atoms with E-state index in [1.54, 1.807) is 30.3 Å². The highest BCUT2D eigenvalue weighted by Gasteiger charge is 2.34. The van der Waals surface area contributed by atoms with Crippen LogP contribution in [0.15, 0.2) is 77.7 Å². The van der Waals surface area contributed by atoms with Gasteiger partial charge in [0.2, 0.25) is 5.91 Å². The molecule has 0 spiro atoms. The SMILES string of the molecule is CCS(=O)(=O)c1ccc(CC(=O)Nc2ccc(-c3ccccc3)c(C(F)(F)F)c2)cc1. The van der Waals surface area contributed by atoms with Crippen molar-refractivity contribution in [2.75, 3.05) is 11.1 Å². The molecule has 3 aromatic rings. The Hall–Kier alpha value is -3.13. The molecule has 4 nitrogen and oxygen atoms in total. The molecule has 0 atom stereocenters. The van der Waals surface area contributed by atoms with Crippen molar-refractivity contribution < 1.29 is 26.4 Å². The Morgan fingerprint density at radius 1 is 0.935 bits per heavy atom. The molecule has 0 saturated carbocycles. The van der Waals surface area contributed by atoms with E-state index in [9.17, 15) is 26.4 Å². The summed E-state index contributed by atoms with van der Waals surface area (Å²) < 4.78 is 64.5. The second-order valence-electron chi connectivity index (χ2n) is 6.90. The quantitative estimate of drug-likeness (QED) is 0.554. The first-order valence-electron chi connectivity index (χ1n) is 9.48. The summed E-state index contributed by atoms with van der Waals surface area (Å²) in [6, 6.07) is 17.7. The molecule has 0 saturated heterocycles. The van der Waals surface area contributed by atoms with Crippen molar-refractivity contribution in [1.82, 2.24) is 0 Å². The number of benzene rings is 3. The molecule has 0 heterocycles. The number of hydrogen-bond donors (Lipinski definition) is 1. The fourth-order valence-electron chi connectivity index (χ4n) is 3.10. The fourth-order valence-corrected chi connectivity index (χ4v) is 3.98. The number of carbonyl (C=O) groups is 1. The van der Waals surface area contributed by atoms with Crippen molar-refractivity contribution in [3.63, 3.8) is 0 Å². The number of amides is 1. The fraction of sp³-hybridized carbons (Fsp3) is 0.174. The second kappa shape index (κ2) is 8.93. The number of sulfone groups is 1. The van der Waals surface area contributed by atoms with Gasteiger partial charge in [0.25, 0.3) is 0 Å². The van der Waals surface area contributed by atoms with Gasteiger partial charge in [-0.25, -0.2) is 8.42 Å². The largest absolute Gasteiger partial charge is 0.417 e. The number of nitrogens with one attached hydrogen (secondary N) is 1. The van der Waals surface area contributed by atoms with Crippen LogP contribution in [0.2, 0.25) is 0 Å². The summed E-state index contributed by atoms with van der Waals surface area (Å²) >= 11 is 0. The van der Waals surface area contributed by atoms with Gasteiger partial charge in [0, 0.05) is 5.69 Å². The van der Waals surface area contributed by atoms with Crippen LogP contribution in [0.25, 0.3) is 11.1 Å². The number of anilines is 1. The molecule has 0 aliphatic carbocycles. The Balaban J connectivity index is 1.79. The monoisotopic (exact) mass is 447 g/mol. The van der Waals surface area contributed by atoms with Gasteiger partial charge in [-0.15, -0.1) is 0 Å². The van der Waals surface area contributed by atoms with Gasteiger partial charge in [-0.3, -0.25) is 4.79 Å². The topological polar surface area (TPSA) is 63.2 Å². The number of carbonyl (C=O) groups excluding carboxylic acids is 1. The summed E-state index contributed by atoms with van der Waals surface area (Å²) in [6.45, 7) is 1.54. The molecule has 3 aromatic carbocycles. The minimum Gasteiger partial charge on any atom is -0.326 e. The van der Waals surface area contributed by atoms with E-state index in [0.29, 0.717) is 11.1 Å². The average Bonchev–Trinajstić information content (AvgIpc) is 2.74. The predicted molar refractivity (Wildman–Crippen MR) is 113 cm³/mol. The molecule has 0 bridgehead atoms. The van der Waals surface area contributed by atoms with E-state index in [2.05, 4.69) is 5.32 Å². The highest BCUT2D eigenvalue weighted by Crippen LogP contribution is 2.38. The highest BCUT2D eigenvalue weighted by atomic mass is 32.2. The zero-order chi connectivity index (χ0) is 22.6. The lowest BCUT2D eigenvalue weighted by Gasteiger charge is -2.15. The lowest BCUT2D eigenvalue weighted by molar-refractivity contribution is -0.137. The van der Waals surface area contributed by atoms with Gasteiger partial charge >= 0.3 is 6.18 Å². The van der Waals surface area contributed by atoms with E-state index >= 15 is 0 Å². The molecule has 8 heteroatoms. The Labute approximate surface area is 178 Å². The third kappa shape index (κ3) is 5.52. The molecule has 162 valence electrons. The summed E-state index contributed by atoms with van der Waals surface area (Å²) in [5.41, 5.74) is 0.186. The lowest BCUT2D eigenvalue weighted by Crippen LogP contribution is -2.16. The van der Waals surface area contributed by atoms with Crippen LogP contribution in [0.3, 0.4) is 0 Å². The van der Waals surface area contributed by atoms with Crippen LogP contribution >= 0.6 is 0 Å². The normalized spacial score (nSPS) is 11.9. The maximum absolute atomic E-state index is 13.6. The van der Waals surface area contributed by atoms with Gasteiger partial charge in [-0.2, -0.15) is 13.2 Å². The molecule has 0 aromatic heterocycles. The molecule has 0 unspecified atom stereocenters. The minimum atomic E-state index is -4.59. The van der Waals surface area contributed by atoms with E-state index in [1.807, 2.05) is 0 Å². The Bertz CT molecular complexity index is 1170. The molecule has 31 heavy (non-hydrogen) atoms. The number of alkyl halides is 3. The molecule has 0 aliphatic heterocycles. The van der Waals surface area contributed by atoms with E-state index in [4.69, 9.17) is 0 Å². The van der Waals surface area contributed by atoms with Crippen LogP contribution in [0.5, 0.6) is 0 Å². The standard InChI is InChI=1S/C23H20F3NO3S/c1-2-31(29,30)19-11-8-16(9-12-19)14-22(28)27-18-10-13-20(17-6-4-3-5-7-17)21(15-18)23(24,25)26/h3-13,15H,2,14H2,1H3,(H,27,28). The molecular formula is C23H20F3NO3S. The van der Waals surface area contributed by atoms with Crippen molar-refractivity contribution in [3.05, 3.63) is 83.9 Å². The zero-order valence-electron chi connectivity index (χ0n) is 16.6. The Morgan fingerprint density at radius 2 is 1.58 bits per heavy atom. The number of halogens is 3. The number of rotatable bonds is 6. The van der Waals surface area contributed by atoms with Crippen LogP contribution < -0.4 is 5.32 Å². The third-order valence-corrected chi connectivity index (χ3v) is 6.47. The Kier molecular flexibility index (Phi) is 6.50. The van der Waals surface area contributed by atoms with Gasteiger partial charge in [-0.1, -0.05) is 55.5 Å². The lowest BCUT2D eigenvalue weighted by atomic mass is 9.98. The van der Waals surface area contributed by atoms with Crippen molar-refractivity contribution in [2.45, 2.75) is 24.4 Å². The van der Waals surface area contributed by atoms with Gasteiger partial charge in [-0.05, 0) is 41.0 Å². The van der Waals surface area contributed by atoms with Crippen LogP contribution in [0, 0.1) is 0 Å². The van der Waals surface area contributed by atoms with Crippen molar-refractivity contribution in [2.24, 2.45) is 0 Å². The number of hydrogen-bond acceptors (Lipinski definition) is 3. The molecule has 0 fully saturated rings. The van der Waals surface area contributed by atoms with Gasteiger partial charge in [0.15, 0.2) is 9.84 Å². The van der Waals surface area contributed by atoms with Crippen LogP contribution in [-0.2, 0) is 27.2 Å². The molecule has 3 rings (SSSR count). The van der Waals surface area contributed by atoms with E-state index < -0.39 is 27.5 Å². The first-order chi connectivity index (χ1) is 14.6. The van der Waals surface area contributed by atoms with Gasteiger partial charge in [0.1, 0.15) is 0 Å². The second-order valence-corrected chi connectivity index (χ2v) is 9.17. The van der Waals surface area contributed by atoms with Crippen LogP contribution in [-0.4, -0.2) is 20.1 Å². The van der Waals surface area contributed by atoms with Crippen LogP contribution in [0.4, 0.5) is 18.9 Å². The van der Waals surface area contributed by atoms with Crippen molar-refractivity contribution >= 4 is 21.4 Å². The molecule has 0 aliphatic rings. The van der Waals surface area contributed by atoms with E-state index in [-0.39, 0.29) is 28.3 Å². The Morgan fingerprint density at radius 3 is 2.16 bits per heavy atom. The first kappa shape index (κ1) is 22.6. The maximum Gasteiger partial charge on any atom is 0.417 e. The van der Waals surface area contributed by atoms with Gasteiger partial charge < -0.3 is 5.32 Å². The van der Waals surface area contributed by atoms with Gasteiger partial charge in [0.05, 0.1) is 22.6 Å². The van der Waals surface area contributed by atoms with E-state index in [0.717, 1.165) is 6.07 Å². The van der Waals surface area contributed by atoms with Crippen LogP contribution in [0.1, 0.15) is 18.1 Å². The maximum atomic E-state index is 13.6. The third-order valence-electron chi connectivity index (χ3n) is 4.72. The molecule has 1 N–H and O–H groups in total. The summed E-state index contributed by atoms with van der Waals surface area (Å²) in [5, 5.41) is 2.48. The minimum absolute atomic E-state index is 0.0267. The molecule has 0 radical (unpaired) electrons. The van der Waals surface area contributed by atoms with Crippen molar-refractivity contribution in [1.29, 1.82) is 0 Å². The summed E-state index contributed by atoms with van der Waals surface area (Å²) in [6.07, 6.45) is -4.69. The predicted octanol–water partition coefficient (Wildman–Crippen LogP) is 5.35. The highest BCUT2D eigenvalue weighted by molar-refractivity contribution is 7.91.